The van der Waals surface area contributed by atoms with Crippen LogP contribution < -0.4 is 4.74 Å². The normalized spacial score (nSPS) is 10.9. The first-order chi connectivity index (χ1) is 11.8. The summed E-state index contributed by atoms with van der Waals surface area (Å²) in [6.45, 7) is 2.38. The van der Waals surface area contributed by atoms with Gasteiger partial charge in [-0.05, 0) is 42.8 Å². The largest absolute Gasteiger partial charge is 0.458 e. The summed E-state index contributed by atoms with van der Waals surface area (Å²) >= 11 is 0. The SMILES string of the molecule is Cc1cccnc1-n1c(OCc2ccccn2)nc2ccccc21. The van der Waals surface area contributed by atoms with Crippen molar-refractivity contribution < 1.29 is 4.74 Å². The first-order valence-electron chi connectivity index (χ1n) is 7.75. The van der Waals surface area contributed by atoms with E-state index in [1.54, 1.807) is 12.4 Å². The number of hydrogen-bond acceptors (Lipinski definition) is 4. The minimum atomic E-state index is 0.357. The Bertz CT molecular complexity index is 979. The topological polar surface area (TPSA) is 52.8 Å². The molecule has 0 atom stereocenters. The standard InChI is InChI=1S/C19H16N4O/c1-14-7-6-12-21-18(14)23-17-10-3-2-9-16(17)22-19(23)24-13-15-8-4-5-11-20-15/h2-12H,13H2,1H3. The third kappa shape index (κ3) is 2.60. The molecule has 0 amide bonds. The fraction of sp³-hybridized carbons (Fsp3) is 0.105. The highest BCUT2D eigenvalue weighted by Crippen LogP contribution is 2.27. The van der Waals surface area contributed by atoms with Crippen LogP contribution in [0.25, 0.3) is 16.9 Å². The van der Waals surface area contributed by atoms with E-state index in [1.807, 2.05) is 66.1 Å². The average Bonchev–Trinajstić information content (AvgIpc) is 2.99. The van der Waals surface area contributed by atoms with Crippen molar-refractivity contribution >= 4 is 11.0 Å². The van der Waals surface area contributed by atoms with Crippen LogP contribution in [0.4, 0.5) is 0 Å². The number of aryl methyl sites for hydroxylation is 1. The van der Waals surface area contributed by atoms with Crippen LogP contribution in [0, 0.1) is 6.92 Å². The zero-order chi connectivity index (χ0) is 16.4. The van der Waals surface area contributed by atoms with Crippen molar-refractivity contribution in [3.8, 4) is 11.8 Å². The number of para-hydroxylation sites is 2. The molecule has 1 aromatic carbocycles. The molecular formula is C19H16N4O. The van der Waals surface area contributed by atoms with E-state index in [2.05, 4.69) is 15.0 Å². The molecule has 5 heteroatoms. The van der Waals surface area contributed by atoms with E-state index in [0.29, 0.717) is 12.6 Å². The van der Waals surface area contributed by atoms with Crippen LogP contribution in [-0.4, -0.2) is 19.5 Å². The lowest BCUT2D eigenvalue weighted by Gasteiger charge is -2.11. The zero-order valence-electron chi connectivity index (χ0n) is 13.3. The van der Waals surface area contributed by atoms with Crippen molar-refractivity contribution in [2.45, 2.75) is 13.5 Å². The summed E-state index contributed by atoms with van der Waals surface area (Å²) in [5.41, 5.74) is 3.76. The predicted octanol–water partition coefficient (Wildman–Crippen LogP) is 3.70. The number of hydrogen-bond donors (Lipinski definition) is 0. The molecule has 0 saturated carbocycles. The molecule has 3 aromatic heterocycles. The summed E-state index contributed by atoms with van der Waals surface area (Å²) in [7, 11) is 0. The van der Waals surface area contributed by atoms with Crippen LogP contribution in [0.1, 0.15) is 11.3 Å². The summed E-state index contributed by atoms with van der Waals surface area (Å²) in [6, 6.07) is 18.2. The molecule has 4 aromatic rings. The molecule has 118 valence electrons. The highest BCUT2D eigenvalue weighted by Gasteiger charge is 2.16. The molecule has 0 aliphatic rings. The van der Waals surface area contributed by atoms with Crippen LogP contribution in [0.5, 0.6) is 6.01 Å². The Hall–Kier alpha value is -3.21. The Morgan fingerprint density at radius 3 is 2.58 bits per heavy atom. The number of nitrogens with zero attached hydrogens (tertiary/aromatic N) is 4. The number of aromatic nitrogens is 4. The molecule has 0 unspecified atom stereocenters. The molecule has 0 spiro atoms. The van der Waals surface area contributed by atoms with Crippen molar-refractivity contribution in [2.24, 2.45) is 0 Å². The monoisotopic (exact) mass is 316 g/mol. The highest BCUT2D eigenvalue weighted by atomic mass is 16.5. The second-order valence-corrected chi connectivity index (χ2v) is 5.47. The first-order valence-corrected chi connectivity index (χ1v) is 7.75. The summed E-state index contributed by atoms with van der Waals surface area (Å²) in [5, 5.41) is 0. The summed E-state index contributed by atoms with van der Waals surface area (Å²) in [5.74, 6) is 0.822. The van der Waals surface area contributed by atoms with Gasteiger partial charge in [-0.3, -0.25) is 4.98 Å². The highest BCUT2D eigenvalue weighted by molar-refractivity contribution is 5.78. The lowest BCUT2D eigenvalue weighted by atomic mass is 10.2. The average molecular weight is 316 g/mol. The predicted molar refractivity (Wildman–Crippen MR) is 92.2 cm³/mol. The van der Waals surface area contributed by atoms with Crippen LogP contribution in [0.15, 0.2) is 67.0 Å². The van der Waals surface area contributed by atoms with Gasteiger partial charge in [0.25, 0.3) is 0 Å². The van der Waals surface area contributed by atoms with Crippen molar-refractivity contribution in [3.05, 3.63) is 78.2 Å². The molecule has 0 radical (unpaired) electrons. The van der Waals surface area contributed by atoms with Gasteiger partial charge in [0.15, 0.2) is 0 Å². The van der Waals surface area contributed by atoms with E-state index in [-0.39, 0.29) is 0 Å². The van der Waals surface area contributed by atoms with Gasteiger partial charge in [-0.25, -0.2) is 9.55 Å². The molecule has 0 N–H and O–H groups in total. The second-order valence-electron chi connectivity index (χ2n) is 5.47. The Balaban J connectivity index is 1.80. The molecule has 0 saturated heterocycles. The van der Waals surface area contributed by atoms with Gasteiger partial charge >= 0.3 is 6.01 Å². The minimum Gasteiger partial charge on any atom is -0.458 e. The van der Waals surface area contributed by atoms with Gasteiger partial charge in [0.2, 0.25) is 0 Å². The van der Waals surface area contributed by atoms with Gasteiger partial charge in [0, 0.05) is 12.4 Å². The van der Waals surface area contributed by atoms with Gasteiger partial charge in [-0.2, -0.15) is 4.98 Å². The fourth-order valence-corrected chi connectivity index (χ4v) is 2.64. The molecule has 0 fully saturated rings. The van der Waals surface area contributed by atoms with E-state index >= 15 is 0 Å². The quantitative estimate of drug-likeness (QED) is 0.576. The summed E-state index contributed by atoms with van der Waals surface area (Å²) in [6.07, 6.45) is 3.53. The summed E-state index contributed by atoms with van der Waals surface area (Å²) in [4.78, 5) is 13.4. The molecule has 4 rings (SSSR count). The number of imidazole rings is 1. The lowest BCUT2D eigenvalue weighted by molar-refractivity contribution is 0.273. The third-order valence-electron chi connectivity index (χ3n) is 3.80. The first kappa shape index (κ1) is 14.4. The third-order valence-corrected chi connectivity index (χ3v) is 3.80. The number of pyridine rings is 2. The van der Waals surface area contributed by atoms with E-state index in [9.17, 15) is 0 Å². The van der Waals surface area contributed by atoms with Crippen LogP contribution in [-0.2, 0) is 6.61 Å². The number of benzene rings is 1. The van der Waals surface area contributed by atoms with E-state index in [1.165, 1.54) is 0 Å². The maximum atomic E-state index is 5.97. The van der Waals surface area contributed by atoms with Crippen molar-refractivity contribution in [1.82, 2.24) is 19.5 Å². The minimum absolute atomic E-state index is 0.357. The van der Waals surface area contributed by atoms with E-state index in [0.717, 1.165) is 28.1 Å². The summed E-state index contributed by atoms with van der Waals surface area (Å²) < 4.78 is 7.92. The Morgan fingerprint density at radius 2 is 1.75 bits per heavy atom. The van der Waals surface area contributed by atoms with Crippen LogP contribution >= 0.6 is 0 Å². The molecule has 3 heterocycles. The van der Waals surface area contributed by atoms with Gasteiger partial charge in [0.1, 0.15) is 12.4 Å². The molecule has 24 heavy (non-hydrogen) atoms. The van der Waals surface area contributed by atoms with Crippen LogP contribution in [0.3, 0.4) is 0 Å². The number of ether oxygens (including phenoxy) is 1. The van der Waals surface area contributed by atoms with Gasteiger partial charge in [0.05, 0.1) is 16.7 Å². The van der Waals surface area contributed by atoms with E-state index in [4.69, 9.17) is 4.74 Å². The fourth-order valence-electron chi connectivity index (χ4n) is 2.64. The Labute approximate surface area is 139 Å². The van der Waals surface area contributed by atoms with E-state index < -0.39 is 0 Å². The maximum Gasteiger partial charge on any atom is 0.303 e. The molecule has 0 aliphatic heterocycles. The zero-order valence-corrected chi connectivity index (χ0v) is 13.3. The molecule has 0 aliphatic carbocycles. The second kappa shape index (κ2) is 6.12. The van der Waals surface area contributed by atoms with Crippen molar-refractivity contribution in [2.75, 3.05) is 0 Å². The van der Waals surface area contributed by atoms with Crippen molar-refractivity contribution in [1.29, 1.82) is 0 Å². The van der Waals surface area contributed by atoms with Gasteiger partial charge < -0.3 is 4.74 Å². The lowest BCUT2D eigenvalue weighted by Crippen LogP contribution is -2.06. The Morgan fingerprint density at radius 1 is 0.917 bits per heavy atom. The smallest absolute Gasteiger partial charge is 0.303 e. The molecular weight excluding hydrogens is 300 g/mol. The van der Waals surface area contributed by atoms with Gasteiger partial charge in [-0.1, -0.05) is 24.3 Å². The molecule has 5 nitrogen and oxygen atoms in total. The van der Waals surface area contributed by atoms with Gasteiger partial charge in [-0.15, -0.1) is 0 Å². The molecule has 0 bridgehead atoms. The van der Waals surface area contributed by atoms with Crippen molar-refractivity contribution in [3.63, 3.8) is 0 Å². The number of fused-ring (bicyclic) bond motifs is 1. The Kier molecular flexibility index (Phi) is 3.67. The van der Waals surface area contributed by atoms with Crippen LogP contribution in [0.2, 0.25) is 0 Å². The maximum absolute atomic E-state index is 5.97. The number of rotatable bonds is 4.